The van der Waals surface area contributed by atoms with E-state index in [4.69, 9.17) is 0 Å². The molecule has 0 radical (unpaired) electrons. The number of carbonyl (C=O) groups is 1. The summed E-state index contributed by atoms with van der Waals surface area (Å²) in [6.07, 6.45) is -4.52. The lowest BCUT2D eigenvalue weighted by molar-refractivity contribution is -0.384. The van der Waals surface area contributed by atoms with Gasteiger partial charge in [-0.1, -0.05) is 0 Å². The fourth-order valence-electron chi connectivity index (χ4n) is 1.94. The predicted molar refractivity (Wildman–Crippen MR) is 80.5 cm³/mol. The Hall–Kier alpha value is -2.95. The number of alkyl halides is 3. The summed E-state index contributed by atoms with van der Waals surface area (Å²) in [4.78, 5) is 21.8. The number of aromatic nitrogens is 2. The number of aryl methyl sites for hydroxylation is 1. The minimum atomic E-state index is -4.52. The van der Waals surface area contributed by atoms with E-state index in [1.165, 1.54) is 35.0 Å². The number of anilines is 1. The van der Waals surface area contributed by atoms with Crippen molar-refractivity contribution < 1.29 is 27.6 Å². The molecule has 134 valence electrons. The summed E-state index contributed by atoms with van der Waals surface area (Å²) in [6.45, 7) is -0.650. The van der Waals surface area contributed by atoms with Crippen LogP contribution in [-0.2, 0) is 9.53 Å². The molecule has 8 nitrogen and oxygen atoms in total. The number of nitro benzene ring substituents is 1. The first-order chi connectivity index (χ1) is 11.7. The second-order valence-corrected chi connectivity index (χ2v) is 5.01. The Morgan fingerprint density at radius 2 is 2.00 bits per heavy atom. The number of hydrogen-bond acceptors (Lipinski definition) is 5. The van der Waals surface area contributed by atoms with Crippen molar-refractivity contribution in [1.29, 1.82) is 0 Å². The molecule has 2 aromatic rings. The van der Waals surface area contributed by atoms with Crippen molar-refractivity contribution in [2.45, 2.75) is 13.1 Å². The summed E-state index contributed by atoms with van der Waals surface area (Å²) in [5.41, 5.74) is 0.855. The molecule has 0 atom stereocenters. The van der Waals surface area contributed by atoms with E-state index in [1.807, 2.05) is 0 Å². The van der Waals surface area contributed by atoms with E-state index in [1.54, 1.807) is 6.92 Å². The van der Waals surface area contributed by atoms with Crippen LogP contribution < -0.4 is 5.32 Å². The number of benzene rings is 1. The van der Waals surface area contributed by atoms with Gasteiger partial charge in [-0.05, 0) is 19.1 Å². The maximum atomic E-state index is 12.0. The molecule has 0 bridgehead atoms. The lowest BCUT2D eigenvalue weighted by atomic mass is 10.3. The van der Waals surface area contributed by atoms with E-state index in [0.717, 1.165) is 0 Å². The van der Waals surface area contributed by atoms with E-state index in [0.29, 0.717) is 11.4 Å². The van der Waals surface area contributed by atoms with E-state index in [2.05, 4.69) is 15.2 Å². The highest BCUT2D eigenvalue weighted by atomic mass is 19.4. The van der Waals surface area contributed by atoms with Crippen molar-refractivity contribution in [2.24, 2.45) is 0 Å². The second-order valence-electron chi connectivity index (χ2n) is 5.01. The van der Waals surface area contributed by atoms with Gasteiger partial charge in [0.2, 0.25) is 0 Å². The molecule has 2 rings (SSSR count). The van der Waals surface area contributed by atoms with Crippen LogP contribution in [0.15, 0.2) is 30.3 Å². The first-order valence-electron chi connectivity index (χ1n) is 6.91. The number of amides is 1. The van der Waals surface area contributed by atoms with Gasteiger partial charge in [-0.15, -0.1) is 0 Å². The lowest BCUT2D eigenvalue weighted by Crippen LogP contribution is -2.24. The minimum Gasteiger partial charge on any atom is -0.362 e. The van der Waals surface area contributed by atoms with Crippen molar-refractivity contribution in [3.63, 3.8) is 0 Å². The van der Waals surface area contributed by atoms with Crippen LogP contribution in [0.2, 0.25) is 0 Å². The zero-order chi connectivity index (χ0) is 18.6. The van der Waals surface area contributed by atoms with Gasteiger partial charge in [0.05, 0.1) is 16.3 Å². The van der Waals surface area contributed by atoms with Crippen molar-refractivity contribution in [3.8, 4) is 5.69 Å². The second kappa shape index (κ2) is 7.30. The molecule has 11 heteroatoms. The van der Waals surface area contributed by atoms with Crippen LogP contribution >= 0.6 is 0 Å². The Kier molecular flexibility index (Phi) is 5.37. The number of non-ortho nitro benzene ring substituents is 1. The number of hydrogen-bond donors (Lipinski definition) is 1. The quantitative estimate of drug-likeness (QED) is 0.632. The molecule has 1 heterocycles. The maximum absolute atomic E-state index is 12.0. The molecule has 0 fully saturated rings. The number of halogens is 3. The van der Waals surface area contributed by atoms with Crippen LogP contribution in [0.1, 0.15) is 5.69 Å². The van der Waals surface area contributed by atoms with E-state index in [9.17, 15) is 28.1 Å². The van der Waals surface area contributed by atoms with E-state index >= 15 is 0 Å². The summed E-state index contributed by atoms with van der Waals surface area (Å²) in [6, 6.07) is 6.90. The smallest absolute Gasteiger partial charge is 0.362 e. The van der Waals surface area contributed by atoms with Gasteiger partial charge < -0.3 is 10.1 Å². The summed E-state index contributed by atoms with van der Waals surface area (Å²) in [5.74, 6) is -0.584. The van der Waals surface area contributed by atoms with Crippen LogP contribution in [0.4, 0.5) is 24.7 Å². The van der Waals surface area contributed by atoms with Crippen LogP contribution in [0.25, 0.3) is 5.69 Å². The number of ether oxygens (including phenoxy) is 1. The van der Waals surface area contributed by atoms with Crippen molar-refractivity contribution >= 4 is 17.4 Å². The summed E-state index contributed by atoms with van der Waals surface area (Å²) in [7, 11) is 0. The zero-order valence-electron chi connectivity index (χ0n) is 12.9. The Bertz CT molecular complexity index is 771. The lowest BCUT2D eigenvalue weighted by Gasteiger charge is -2.10. The highest BCUT2D eigenvalue weighted by Crippen LogP contribution is 2.20. The highest BCUT2D eigenvalue weighted by molar-refractivity contribution is 5.91. The largest absolute Gasteiger partial charge is 0.411 e. The van der Waals surface area contributed by atoms with Gasteiger partial charge in [-0.25, -0.2) is 4.68 Å². The van der Waals surface area contributed by atoms with Crippen LogP contribution in [0.5, 0.6) is 0 Å². The Morgan fingerprint density at radius 3 is 2.56 bits per heavy atom. The summed E-state index contributed by atoms with van der Waals surface area (Å²) < 4.78 is 41.6. The van der Waals surface area contributed by atoms with Gasteiger partial charge in [0.25, 0.3) is 11.6 Å². The number of rotatable bonds is 6. The molecule has 0 aliphatic heterocycles. The number of nitro groups is 1. The summed E-state index contributed by atoms with van der Waals surface area (Å²) in [5, 5.41) is 17.2. The third-order valence-corrected chi connectivity index (χ3v) is 2.90. The minimum absolute atomic E-state index is 0.112. The average Bonchev–Trinajstić information content (AvgIpc) is 2.86. The fourth-order valence-corrected chi connectivity index (χ4v) is 1.94. The third-order valence-electron chi connectivity index (χ3n) is 2.90. The molecule has 1 N–H and O–H groups in total. The molecule has 0 unspecified atom stereocenters. The number of carbonyl (C=O) groups excluding carboxylic acids is 1. The van der Waals surface area contributed by atoms with Crippen LogP contribution in [0, 0.1) is 17.0 Å². The van der Waals surface area contributed by atoms with Gasteiger partial charge in [0.15, 0.2) is 0 Å². The van der Waals surface area contributed by atoms with E-state index in [-0.39, 0.29) is 11.5 Å². The topological polar surface area (TPSA) is 99.3 Å². The molecule has 0 saturated carbocycles. The normalized spacial score (nSPS) is 11.4. The van der Waals surface area contributed by atoms with Crippen LogP contribution in [0.3, 0.4) is 0 Å². The summed E-state index contributed by atoms with van der Waals surface area (Å²) >= 11 is 0. The standard InChI is InChI=1S/C14H13F3N4O4/c1-9-6-12(18-13(22)7-25-8-14(15,16)17)20(19-9)10-2-4-11(5-3-10)21(23)24/h2-6H,7-8H2,1H3,(H,18,22). The first kappa shape index (κ1) is 18.4. The van der Waals surface area contributed by atoms with Crippen molar-refractivity contribution in [1.82, 2.24) is 9.78 Å². The molecule has 1 amide bonds. The fraction of sp³-hybridized carbons (Fsp3) is 0.286. The average molecular weight is 358 g/mol. The van der Waals surface area contributed by atoms with Gasteiger partial charge in [0.1, 0.15) is 19.0 Å². The Balaban J connectivity index is 2.10. The molecular formula is C14H13F3N4O4. The number of nitrogens with zero attached hydrogens (tertiary/aromatic N) is 3. The Labute approximate surface area is 139 Å². The van der Waals surface area contributed by atoms with E-state index < -0.39 is 30.2 Å². The highest BCUT2D eigenvalue weighted by Gasteiger charge is 2.27. The Morgan fingerprint density at radius 1 is 1.36 bits per heavy atom. The zero-order valence-corrected chi connectivity index (χ0v) is 12.9. The molecule has 25 heavy (non-hydrogen) atoms. The molecular weight excluding hydrogens is 345 g/mol. The molecule has 1 aromatic carbocycles. The van der Waals surface area contributed by atoms with Gasteiger partial charge >= 0.3 is 6.18 Å². The SMILES string of the molecule is Cc1cc(NC(=O)COCC(F)(F)F)n(-c2ccc([N+](=O)[O-])cc2)n1. The van der Waals surface area contributed by atoms with Gasteiger partial charge in [-0.3, -0.25) is 14.9 Å². The molecule has 0 spiro atoms. The number of nitrogens with one attached hydrogen (secondary N) is 1. The van der Waals surface area contributed by atoms with Crippen molar-refractivity contribution in [2.75, 3.05) is 18.5 Å². The van der Waals surface area contributed by atoms with Crippen molar-refractivity contribution in [3.05, 3.63) is 46.1 Å². The molecule has 1 aromatic heterocycles. The van der Waals surface area contributed by atoms with Gasteiger partial charge in [0, 0.05) is 18.2 Å². The molecule has 0 saturated heterocycles. The molecule has 0 aliphatic carbocycles. The van der Waals surface area contributed by atoms with Gasteiger partial charge in [-0.2, -0.15) is 18.3 Å². The predicted octanol–water partition coefficient (Wildman–Crippen LogP) is 2.61. The molecule has 0 aliphatic rings. The third kappa shape index (κ3) is 5.28. The first-order valence-corrected chi connectivity index (χ1v) is 6.91. The van der Waals surface area contributed by atoms with Crippen LogP contribution in [-0.4, -0.2) is 40.0 Å². The maximum Gasteiger partial charge on any atom is 0.411 e. The monoisotopic (exact) mass is 358 g/mol.